The molecule has 3 heterocycles. The van der Waals surface area contributed by atoms with Crippen LogP contribution >= 0.6 is 11.3 Å². The third-order valence-electron chi connectivity index (χ3n) is 4.30. The van der Waals surface area contributed by atoms with Gasteiger partial charge < -0.3 is 4.90 Å². The topological polar surface area (TPSA) is 70.6 Å². The van der Waals surface area contributed by atoms with Gasteiger partial charge >= 0.3 is 0 Å². The zero-order valence-electron chi connectivity index (χ0n) is 14.5. The Balaban J connectivity index is 1.70. The van der Waals surface area contributed by atoms with Crippen molar-refractivity contribution in [1.29, 1.82) is 0 Å². The number of hydrogen-bond donors (Lipinski definition) is 0. The molecule has 8 heteroatoms. The third kappa shape index (κ3) is 3.61. The van der Waals surface area contributed by atoms with Gasteiger partial charge in [-0.2, -0.15) is 4.31 Å². The molecule has 6 nitrogen and oxygen atoms in total. The molecule has 2 aromatic heterocycles. The second kappa shape index (κ2) is 6.86. The maximum absolute atomic E-state index is 12.8. The van der Waals surface area contributed by atoms with Crippen LogP contribution in [-0.2, 0) is 10.0 Å². The second-order valence-electron chi connectivity index (χ2n) is 6.16. The molecule has 0 radical (unpaired) electrons. The molecule has 134 valence electrons. The first-order chi connectivity index (χ1) is 11.8. The van der Waals surface area contributed by atoms with Crippen molar-refractivity contribution in [3.05, 3.63) is 45.4 Å². The van der Waals surface area contributed by atoms with Crippen LogP contribution in [0, 0.1) is 20.8 Å². The summed E-state index contributed by atoms with van der Waals surface area (Å²) >= 11 is 1.49. The summed E-state index contributed by atoms with van der Waals surface area (Å²) in [6.07, 6.45) is 1.57. The van der Waals surface area contributed by atoms with Gasteiger partial charge in [-0.1, -0.05) is 0 Å². The average molecular weight is 380 g/mol. The van der Waals surface area contributed by atoms with Crippen LogP contribution < -0.4 is 0 Å². The highest BCUT2D eigenvalue weighted by molar-refractivity contribution is 7.89. The number of piperazine rings is 1. The maximum Gasteiger partial charge on any atom is 0.255 e. The van der Waals surface area contributed by atoms with Gasteiger partial charge in [0.2, 0.25) is 10.0 Å². The maximum atomic E-state index is 12.8. The molecule has 0 bridgehead atoms. The lowest BCUT2D eigenvalue weighted by Crippen LogP contribution is -2.50. The number of aromatic nitrogens is 1. The zero-order valence-corrected chi connectivity index (χ0v) is 16.2. The van der Waals surface area contributed by atoms with E-state index < -0.39 is 10.0 Å². The van der Waals surface area contributed by atoms with Crippen LogP contribution in [0.2, 0.25) is 0 Å². The first-order valence-corrected chi connectivity index (χ1v) is 10.3. The van der Waals surface area contributed by atoms with Crippen LogP contribution in [0.4, 0.5) is 0 Å². The lowest BCUT2D eigenvalue weighted by Gasteiger charge is -2.34. The second-order valence-corrected chi connectivity index (χ2v) is 9.53. The molecule has 1 fully saturated rings. The molecule has 3 rings (SSSR count). The van der Waals surface area contributed by atoms with Crippen LogP contribution in [0.3, 0.4) is 0 Å². The van der Waals surface area contributed by atoms with Crippen molar-refractivity contribution < 1.29 is 13.2 Å². The van der Waals surface area contributed by atoms with Crippen molar-refractivity contribution in [2.75, 3.05) is 26.2 Å². The Morgan fingerprint density at radius 2 is 1.80 bits per heavy atom. The number of carbonyl (C=O) groups excluding carboxylic acids is 1. The highest BCUT2D eigenvalue weighted by Crippen LogP contribution is 2.28. The van der Waals surface area contributed by atoms with Crippen LogP contribution in [0.5, 0.6) is 0 Å². The van der Waals surface area contributed by atoms with Crippen molar-refractivity contribution in [3.63, 3.8) is 0 Å². The Hall–Kier alpha value is -1.77. The van der Waals surface area contributed by atoms with Crippen LogP contribution in [0.1, 0.15) is 25.8 Å². The molecule has 1 aliphatic heterocycles. The Bertz CT molecular complexity index is 880. The molecular weight excluding hydrogens is 358 g/mol. The fraction of sp³-hybridized carbons (Fsp3) is 0.412. The Kier molecular flexibility index (Phi) is 4.95. The molecule has 0 aromatic carbocycles. The molecule has 1 saturated heterocycles. The summed E-state index contributed by atoms with van der Waals surface area (Å²) in [5.41, 5.74) is 1.39. The molecule has 1 amide bonds. The smallest absolute Gasteiger partial charge is 0.255 e. The van der Waals surface area contributed by atoms with Gasteiger partial charge in [-0.15, -0.1) is 11.3 Å². The first-order valence-electron chi connectivity index (χ1n) is 8.08. The van der Waals surface area contributed by atoms with E-state index in [0.29, 0.717) is 36.6 Å². The summed E-state index contributed by atoms with van der Waals surface area (Å²) in [4.78, 5) is 20.5. The van der Waals surface area contributed by atoms with E-state index >= 15 is 0 Å². The van der Waals surface area contributed by atoms with E-state index in [-0.39, 0.29) is 5.91 Å². The number of rotatable bonds is 3. The van der Waals surface area contributed by atoms with Gasteiger partial charge in [-0.25, -0.2) is 8.42 Å². The van der Waals surface area contributed by atoms with E-state index in [4.69, 9.17) is 0 Å². The van der Waals surface area contributed by atoms with Gasteiger partial charge in [-0.05, 0) is 39.0 Å². The van der Waals surface area contributed by atoms with Gasteiger partial charge in [0.1, 0.15) is 0 Å². The van der Waals surface area contributed by atoms with Crippen molar-refractivity contribution >= 4 is 27.3 Å². The third-order valence-corrected chi connectivity index (χ3v) is 7.42. The van der Waals surface area contributed by atoms with E-state index in [2.05, 4.69) is 4.98 Å². The summed E-state index contributed by atoms with van der Waals surface area (Å²) in [7, 11) is -3.50. The molecule has 25 heavy (non-hydrogen) atoms. The summed E-state index contributed by atoms with van der Waals surface area (Å²) in [6.45, 7) is 6.98. The predicted molar refractivity (Wildman–Crippen MR) is 97.4 cm³/mol. The first kappa shape index (κ1) is 18.0. The minimum Gasteiger partial charge on any atom is -0.336 e. The molecular formula is C17H21N3O3S2. The fourth-order valence-corrected chi connectivity index (χ4v) is 5.86. The zero-order chi connectivity index (χ0) is 18.2. The average Bonchev–Trinajstić information content (AvgIpc) is 2.94. The molecule has 2 aromatic rings. The number of carbonyl (C=O) groups is 1. The van der Waals surface area contributed by atoms with Gasteiger partial charge in [-0.3, -0.25) is 9.78 Å². The van der Waals surface area contributed by atoms with Gasteiger partial charge in [0, 0.05) is 47.8 Å². The highest BCUT2D eigenvalue weighted by Gasteiger charge is 2.32. The van der Waals surface area contributed by atoms with Gasteiger partial charge in [0.25, 0.3) is 5.91 Å². The molecule has 0 aliphatic carbocycles. The lowest BCUT2D eigenvalue weighted by atomic mass is 10.2. The number of aryl methyl sites for hydroxylation is 3. The van der Waals surface area contributed by atoms with Crippen molar-refractivity contribution in [3.8, 4) is 0 Å². The van der Waals surface area contributed by atoms with Crippen molar-refractivity contribution in [2.45, 2.75) is 25.7 Å². The molecule has 0 spiro atoms. The summed E-state index contributed by atoms with van der Waals surface area (Å²) in [5, 5.41) is 0. The number of nitrogens with zero attached hydrogens (tertiary/aromatic N) is 3. The Morgan fingerprint density at radius 3 is 2.32 bits per heavy atom. The fourth-order valence-electron chi connectivity index (χ4n) is 2.91. The lowest BCUT2D eigenvalue weighted by molar-refractivity contribution is 0.0697. The minimum atomic E-state index is -3.50. The standard InChI is InChI=1S/C17H21N3O3S2/c1-12-4-5-15(11-18-12)17(21)19-6-8-20(9-7-19)25(22,23)16-10-13(2)24-14(16)3/h4-5,10-11H,6-9H2,1-3H3. The quantitative estimate of drug-likeness (QED) is 0.820. The van der Waals surface area contributed by atoms with Crippen LogP contribution in [-0.4, -0.2) is 54.7 Å². The largest absolute Gasteiger partial charge is 0.336 e. The predicted octanol–water partition coefficient (Wildman–Crippen LogP) is 2.22. The molecule has 0 N–H and O–H groups in total. The number of pyridine rings is 1. The number of hydrogen-bond acceptors (Lipinski definition) is 5. The van der Waals surface area contributed by atoms with Crippen molar-refractivity contribution in [1.82, 2.24) is 14.2 Å². The molecule has 0 atom stereocenters. The number of amides is 1. The summed E-state index contributed by atoms with van der Waals surface area (Å²) in [6, 6.07) is 5.28. The number of sulfonamides is 1. The van der Waals surface area contributed by atoms with E-state index in [0.717, 1.165) is 15.4 Å². The van der Waals surface area contributed by atoms with E-state index in [1.165, 1.54) is 15.6 Å². The summed E-state index contributed by atoms with van der Waals surface area (Å²) < 4.78 is 27.1. The van der Waals surface area contributed by atoms with Crippen molar-refractivity contribution in [2.24, 2.45) is 0 Å². The van der Waals surface area contributed by atoms with Gasteiger partial charge in [0.15, 0.2) is 0 Å². The monoisotopic (exact) mass is 379 g/mol. The molecule has 0 unspecified atom stereocenters. The minimum absolute atomic E-state index is 0.105. The normalized spacial score (nSPS) is 16.2. The number of thiophene rings is 1. The van der Waals surface area contributed by atoms with Crippen LogP contribution in [0.25, 0.3) is 0 Å². The Labute approximate surface area is 152 Å². The SMILES string of the molecule is Cc1ccc(C(=O)N2CCN(S(=O)(=O)c3cc(C)sc3C)CC2)cn1. The highest BCUT2D eigenvalue weighted by atomic mass is 32.2. The Morgan fingerprint density at radius 1 is 1.12 bits per heavy atom. The summed E-state index contributed by atoms with van der Waals surface area (Å²) in [5.74, 6) is -0.105. The van der Waals surface area contributed by atoms with E-state index in [1.54, 1.807) is 29.3 Å². The van der Waals surface area contributed by atoms with Crippen LogP contribution in [0.15, 0.2) is 29.3 Å². The molecule has 0 saturated carbocycles. The molecule has 1 aliphatic rings. The van der Waals surface area contributed by atoms with E-state index in [1.807, 2.05) is 20.8 Å². The van der Waals surface area contributed by atoms with E-state index in [9.17, 15) is 13.2 Å². The van der Waals surface area contributed by atoms with Gasteiger partial charge in [0.05, 0.1) is 10.5 Å².